The Balaban J connectivity index is 0. The first-order valence-corrected chi connectivity index (χ1v) is 0.986. The van der Waals surface area contributed by atoms with E-state index in [9.17, 15) is 0 Å². The molecule has 1 heteroatoms. The Hall–Kier alpha value is 0.337. The minimum atomic E-state index is 0. The van der Waals surface area contributed by atoms with E-state index < -0.39 is 0 Å². The molecular weight excluding hydrogens is 43.0 g/mol. The molecule has 0 aliphatic carbocycles. The predicted octanol–water partition coefficient (Wildman–Crippen LogP) is 0.544. The summed E-state index contributed by atoms with van der Waals surface area (Å²) in [5.74, 6) is 0. The van der Waals surface area contributed by atoms with Crippen LogP contribution in [-0.4, -0.2) is 18.9 Å². The molecule has 0 aromatic rings. The number of rotatable bonds is 0. The van der Waals surface area contributed by atoms with Gasteiger partial charge in [0.15, 0.2) is 0 Å². The molecule has 0 saturated heterocycles. The van der Waals surface area contributed by atoms with Crippen molar-refractivity contribution in [1.82, 2.24) is 0 Å². The Morgan fingerprint density at radius 2 is 1.75 bits per heavy atom. The van der Waals surface area contributed by atoms with Crippen LogP contribution >= 0.6 is 0 Å². The van der Waals surface area contributed by atoms with E-state index in [2.05, 4.69) is 6.58 Å². The van der Waals surface area contributed by atoms with Gasteiger partial charge in [-0.3, -0.25) is 0 Å². The first-order valence-electron chi connectivity index (χ1n) is 0.986. The van der Waals surface area contributed by atoms with Gasteiger partial charge in [-0.05, 0) is 6.92 Å². The van der Waals surface area contributed by atoms with Crippen LogP contribution < -0.4 is 0 Å². The molecule has 0 rings (SSSR count). The number of hydrogen-bond acceptors (Lipinski definition) is 0. The third kappa shape index (κ3) is 36.7. The molecule has 4 heavy (non-hydrogen) atoms. The van der Waals surface area contributed by atoms with Crippen LogP contribution in [0.3, 0.4) is 0 Å². The fourth-order valence-electron chi connectivity index (χ4n) is 0. The Kier molecular flexibility index (Phi) is 22.5. The normalized spacial score (nSPS) is 3.25. The van der Waals surface area contributed by atoms with Crippen LogP contribution in [0.5, 0.6) is 0 Å². The van der Waals surface area contributed by atoms with Crippen LogP contribution in [-0.2, 0) is 0 Å². The standard InChI is InChI=1S/C3H6.Li.H/c1-3-2;;/h3H,1H2,2H3;;. The number of allylic oxidation sites excluding steroid dienone is 1. The van der Waals surface area contributed by atoms with E-state index in [4.69, 9.17) is 0 Å². The molecule has 0 saturated carbocycles. The number of hydrogen-bond donors (Lipinski definition) is 0. The van der Waals surface area contributed by atoms with E-state index in [1.807, 2.05) is 6.92 Å². The molecule has 0 aromatic carbocycles. The molecule has 0 atom stereocenters. The van der Waals surface area contributed by atoms with Crippen LogP contribution in [0.25, 0.3) is 0 Å². The molecule has 0 aliphatic heterocycles. The van der Waals surface area contributed by atoms with Crippen LogP contribution in [0.2, 0.25) is 0 Å². The zero-order chi connectivity index (χ0) is 2.71. The zero-order valence-corrected chi connectivity index (χ0v) is 2.28. The third-order valence-corrected chi connectivity index (χ3v) is 0. The summed E-state index contributed by atoms with van der Waals surface area (Å²) in [5.41, 5.74) is 0. The summed E-state index contributed by atoms with van der Waals surface area (Å²) in [6, 6.07) is 0. The molecule has 0 unspecified atom stereocenters. The topological polar surface area (TPSA) is 0 Å². The fourth-order valence-corrected chi connectivity index (χ4v) is 0. The Morgan fingerprint density at radius 3 is 1.75 bits per heavy atom. The van der Waals surface area contributed by atoms with Gasteiger partial charge < -0.3 is 0 Å². The average molecular weight is 50.0 g/mol. The van der Waals surface area contributed by atoms with Crippen molar-refractivity contribution in [3.05, 3.63) is 12.7 Å². The van der Waals surface area contributed by atoms with E-state index in [0.717, 1.165) is 0 Å². The third-order valence-electron chi connectivity index (χ3n) is 0. The Labute approximate surface area is 39.1 Å². The zero-order valence-electron chi connectivity index (χ0n) is 2.28. The van der Waals surface area contributed by atoms with Gasteiger partial charge in [0.1, 0.15) is 0 Å². The quantitative estimate of drug-likeness (QED) is 0.278. The van der Waals surface area contributed by atoms with Gasteiger partial charge in [-0.25, -0.2) is 0 Å². The van der Waals surface area contributed by atoms with Crippen LogP contribution in [0.15, 0.2) is 12.7 Å². The average Bonchev–Trinajstić information content (AvgIpc) is 0.918. The van der Waals surface area contributed by atoms with Crippen LogP contribution in [0.4, 0.5) is 0 Å². The van der Waals surface area contributed by atoms with Gasteiger partial charge in [0.05, 0.1) is 0 Å². The molecule has 0 fully saturated rings. The molecule has 0 bridgehead atoms. The van der Waals surface area contributed by atoms with Gasteiger partial charge >= 0.3 is 18.9 Å². The van der Waals surface area contributed by atoms with E-state index in [1.165, 1.54) is 0 Å². The van der Waals surface area contributed by atoms with Gasteiger partial charge in [0, 0.05) is 0 Å². The van der Waals surface area contributed by atoms with Gasteiger partial charge in [0.25, 0.3) is 0 Å². The molecule has 0 aromatic heterocycles. The second-order valence-corrected chi connectivity index (χ2v) is 0.408. The predicted molar refractivity (Wildman–Crippen MR) is 23.0 cm³/mol. The van der Waals surface area contributed by atoms with Crippen molar-refractivity contribution >= 4 is 18.9 Å². The van der Waals surface area contributed by atoms with E-state index >= 15 is 0 Å². The van der Waals surface area contributed by atoms with Crippen molar-refractivity contribution in [3.63, 3.8) is 0 Å². The van der Waals surface area contributed by atoms with E-state index in [1.54, 1.807) is 6.08 Å². The Bertz CT molecular complexity index is 10.8. The summed E-state index contributed by atoms with van der Waals surface area (Å²) in [6.45, 7) is 5.25. The first kappa shape index (κ1) is 8.84. The molecule has 20 valence electrons. The molecule has 0 nitrogen and oxygen atoms in total. The molecule has 0 N–H and O–H groups in total. The van der Waals surface area contributed by atoms with Crippen molar-refractivity contribution in [1.29, 1.82) is 0 Å². The van der Waals surface area contributed by atoms with Crippen molar-refractivity contribution < 1.29 is 0 Å². The molecule has 0 amide bonds. The molecule has 0 spiro atoms. The van der Waals surface area contributed by atoms with Crippen molar-refractivity contribution in [2.24, 2.45) is 0 Å². The first-order chi connectivity index (χ1) is 1.41. The van der Waals surface area contributed by atoms with Crippen molar-refractivity contribution in [2.75, 3.05) is 0 Å². The molecular formula is C3H7Li. The van der Waals surface area contributed by atoms with Gasteiger partial charge in [0.2, 0.25) is 0 Å². The van der Waals surface area contributed by atoms with Gasteiger partial charge in [-0.2, -0.15) is 0 Å². The summed E-state index contributed by atoms with van der Waals surface area (Å²) in [7, 11) is 0. The van der Waals surface area contributed by atoms with Gasteiger partial charge in [-0.15, -0.1) is 6.58 Å². The Morgan fingerprint density at radius 1 is 1.75 bits per heavy atom. The van der Waals surface area contributed by atoms with Crippen LogP contribution in [0, 0.1) is 0 Å². The van der Waals surface area contributed by atoms with Crippen molar-refractivity contribution in [3.8, 4) is 0 Å². The van der Waals surface area contributed by atoms with Crippen molar-refractivity contribution in [2.45, 2.75) is 6.92 Å². The maximum absolute atomic E-state index is 3.36. The summed E-state index contributed by atoms with van der Waals surface area (Å²) in [6.07, 6.45) is 1.75. The SMILES string of the molecule is C=CC.[LiH]. The van der Waals surface area contributed by atoms with Gasteiger partial charge in [-0.1, -0.05) is 6.08 Å². The molecule has 0 radical (unpaired) electrons. The minimum absolute atomic E-state index is 0. The van der Waals surface area contributed by atoms with E-state index in [0.29, 0.717) is 0 Å². The summed E-state index contributed by atoms with van der Waals surface area (Å²) in [5, 5.41) is 0. The van der Waals surface area contributed by atoms with E-state index in [-0.39, 0.29) is 18.9 Å². The summed E-state index contributed by atoms with van der Waals surface area (Å²) >= 11 is 0. The summed E-state index contributed by atoms with van der Waals surface area (Å²) < 4.78 is 0. The molecule has 0 aliphatic rings. The second-order valence-electron chi connectivity index (χ2n) is 0.408. The molecule has 0 heterocycles. The fraction of sp³-hybridized carbons (Fsp3) is 0.333. The second kappa shape index (κ2) is 10.2. The monoisotopic (exact) mass is 50.1 g/mol. The van der Waals surface area contributed by atoms with Crippen LogP contribution in [0.1, 0.15) is 6.92 Å². The maximum atomic E-state index is 3.36. The summed E-state index contributed by atoms with van der Waals surface area (Å²) in [4.78, 5) is 0.